The molecule has 1 unspecified atom stereocenters. The Kier molecular flexibility index (Phi) is 7.34. The van der Waals surface area contributed by atoms with E-state index >= 15 is 0 Å². The number of morpholine rings is 1. The molecule has 1 fully saturated rings. The van der Waals surface area contributed by atoms with Crippen LogP contribution < -0.4 is 15.8 Å². The number of nitrogen functional groups attached to an aromatic ring is 1. The van der Waals surface area contributed by atoms with Gasteiger partial charge in [-0.1, -0.05) is 23.7 Å². The molecule has 5 rings (SSSR count). The van der Waals surface area contributed by atoms with Crippen LogP contribution in [0.5, 0.6) is 5.75 Å². The molecule has 4 heterocycles. The van der Waals surface area contributed by atoms with E-state index in [1.165, 1.54) is 6.08 Å². The van der Waals surface area contributed by atoms with Crippen molar-refractivity contribution in [2.45, 2.75) is 12.5 Å². The van der Waals surface area contributed by atoms with E-state index in [1.807, 2.05) is 12.1 Å². The molecule has 3 aromatic rings. The molecular formula is C27H26ClN5O4. The molecule has 2 aliphatic rings. The molecule has 0 radical (unpaired) electrons. The Hall–Kier alpha value is -3.95. The fourth-order valence-corrected chi connectivity index (χ4v) is 4.54. The average Bonchev–Trinajstić information content (AvgIpc) is 3.37. The van der Waals surface area contributed by atoms with Gasteiger partial charge in [0.15, 0.2) is 0 Å². The van der Waals surface area contributed by atoms with Gasteiger partial charge in [-0.25, -0.2) is 4.98 Å². The van der Waals surface area contributed by atoms with Crippen molar-refractivity contribution >= 4 is 35.3 Å². The second-order valence-corrected chi connectivity index (χ2v) is 9.19. The van der Waals surface area contributed by atoms with Crippen molar-refractivity contribution in [3.63, 3.8) is 0 Å². The van der Waals surface area contributed by atoms with Gasteiger partial charge in [-0.15, -0.1) is 0 Å². The maximum atomic E-state index is 12.7. The molecule has 2 aromatic heterocycles. The van der Waals surface area contributed by atoms with E-state index in [9.17, 15) is 9.59 Å². The average molecular weight is 520 g/mol. The third-order valence-corrected chi connectivity index (χ3v) is 6.56. The second kappa shape index (κ2) is 11.0. The lowest BCUT2D eigenvalue weighted by atomic mass is 9.97. The third-order valence-electron chi connectivity index (χ3n) is 6.26. The van der Waals surface area contributed by atoms with Crippen molar-refractivity contribution in [3.05, 3.63) is 76.7 Å². The minimum atomic E-state index is -0.265. The SMILES string of the molecule is Nc1ccc(C=CC(=O)NCC2Cc3c(-c4ccc(C(=O)N5CCOCC5)nc4)ccc(Cl)c3O2)cn1. The maximum absolute atomic E-state index is 12.7. The fourth-order valence-electron chi connectivity index (χ4n) is 4.32. The monoisotopic (exact) mass is 519 g/mol. The van der Waals surface area contributed by atoms with Crippen LogP contribution in [-0.2, 0) is 16.0 Å². The highest BCUT2D eigenvalue weighted by Gasteiger charge is 2.28. The molecule has 1 atom stereocenters. The molecule has 190 valence electrons. The van der Waals surface area contributed by atoms with Crippen LogP contribution >= 0.6 is 11.6 Å². The van der Waals surface area contributed by atoms with Crippen LogP contribution in [0.4, 0.5) is 5.82 Å². The third kappa shape index (κ3) is 5.73. The van der Waals surface area contributed by atoms with E-state index < -0.39 is 0 Å². The number of nitrogens with one attached hydrogen (secondary N) is 1. The summed E-state index contributed by atoms with van der Waals surface area (Å²) in [5, 5.41) is 3.38. The number of rotatable bonds is 6. The van der Waals surface area contributed by atoms with Crippen molar-refractivity contribution < 1.29 is 19.1 Å². The molecule has 2 aliphatic heterocycles. The Labute approximate surface area is 219 Å². The summed E-state index contributed by atoms with van der Waals surface area (Å²) in [6.07, 6.45) is 6.72. The van der Waals surface area contributed by atoms with Crippen molar-refractivity contribution in [1.29, 1.82) is 0 Å². The van der Waals surface area contributed by atoms with Gasteiger partial charge in [-0.2, -0.15) is 0 Å². The smallest absolute Gasteiger partial charge is 0.272 e. The Bertz CT molecular complexity index is 1320. The molecule has 1 aromatic carbocycles. The molecular weight excluding hydrogens is 494 g/mol. The number of hydrogen-bond donors (Lipinski definition) is 2. The summed E-state index contributed by atoms with van der Waals surface area (Å²) in [6, 6.07) is 10.8. The largest absolute Gasteiger partial charge is 0.486 e. The summed E-state index contributed by atoms with van der Waals surface area (Å²) in [5.41, 5.74) is 9.50. The first-order chi connectivity index (χ1) is 18.0. The van der Waals surface area contributed by atoms with E-state index in [1.54, 1.807) is 47.6 Å². The molecule has 0 aliphatic carbocycles. The van der Waals surface area contributed by atoms with Crippen LogP contribution in [0.3, 0.4) is 0 Å². The number of fused-ring (bicyclic) bond motifs is 1. The minimum Gasteiger partial charge on any atom is -0.486 e. The number of amides is 2. The van der Waals surface area contributed by atoms with Gasteiger partial charge in [0.1, 0.15) is 23.4 Å². The van der Waals surface area contributed by atoms with Crippen molar-refractivity contribution in [1.82, 2.24) is 20.2 Å². The summed E-state index contributed by atoms with van der Waals surface area (Å²) in [5.74, 6) is 0.686. The van der Waals surface area contributed by atoms with E-state index in [0.29, 0.717) is 61.6 Å². The number of carbonyl (C=O) groups is 2. The van der Waals surface area contributed by atoms with Crippen LogP contribution in [0.1, 0.15) is 21.6 Å². The summed E-state index contributed by atoms with van der Waals surface area (Å²) < 4.78 is 11.4. The van der Waals surface area contributed by atoms with Crippen LogP contribution in [0.2, 0.25) is 5.02 Å². The van der Waals surface area contributed by atoms with Gasteiger partial charge >= 0.3 is 0 Å². The zero-order chi connectivity index (χ0) is 25.8. The van der Waals surface area contributed by atoms with Crippen LogP contribution in [0.25, 0.3) is 17.2 Å². The number of carbonyl (C=O) groups excluding carboxylic acids is 2. The molecule has 3 N–H and O–H groups in total. The number of nitrogens with zero attached hydrogens (tertiary/aromatic N) is 3. The lowest BCUT2D eigenvalue weighted by molar-refractivity contribution is -0.116. The first kappa shape index (κ1) is 24.7. The topological polar surface area (TPSA) is 120 Å². The van der Waals surface area contributed by atoms with E-state index in [4.69, 9.17) is 26.8 Å². The van der Waals surface area contributed by atoms with Crippen LogP contribution in [0.15, 0.2) is 54.9 Å². The predicted octanol–water partition coefficient (Wildman–Crippen LogP) is 2.98. The van der Waals surface area contributed by atoms with E-state index in [0.717, 1.165) is 22.3 Å². The van der Waals surface area contributed by atoms with Gasteiger partial charge in [-0.3, -0.25) is 14.6 Å². The lowest BCUT2D eigenvalue weighted by Crippen LogP contribution is -2.41. The fraction of sp³-hybridized carbons (Fsp3) is 0.259. The molecule has 0 spiro atoms. The summed E-state index contributed by atoms with van der Waals surface area (Å²) in [4.78, 5) is 35.2. The Morgan fingerprint density at radius 3 is 2.68 bits per heavy atom. The number of ether oxygens (including phenoxy) is 2. The molecule has 9 nitrogen and oxygen atoms in total. The first-order valence-electron chi connectivity index (χ1n) is 12.0. The van der Waals surface area contributed by atoms with Gasteiger partial charge in [0, 0.05) is 49.1 Å². The normalized spacial score (nSPS) is 16.9. The summed E-state index contributed by atoms with van der Waals surface area (Å²) >= 11 is 6.42. The zero-order valence-electron chi connectivity index (χ0n) is 20.0. The highest BCUT2D eigenvalue weighted by atomic mass is 35.5. The molecule has 1 saturated heterocycles. The molecule has 2 amide bonds. The Balaban J connectivity index is 1.23. The number of benzene rings is 1. The minimum absolute atomic E-state index is 0.1000. The van der Waals surface area contributed by atoms with Gasteiger partial charge in [0.25, 0.3) is 5.91 Å². The summed E-state index contributed by atoms with van der Waals surface area (Å²) in [7, 11) is 0. The Morgan fingerprint density at radius 2 is 1.95 bits per heavy atom. The van der Waals surface area contributed by atoms with Gasteiger partial charge in [0.05, 0.1) is 24.8 Å². The van der Waals surface area contributed by atoms with E-state index in [-0.39, 0.29) is 17.9 Å². The van der Waals surface area contributed by atoms with Crippen LogP contribution in [0, 0.1) is 0 Å². The van der Waals surface area contributed by atoms with Gasteiger partial charge in [-0.05, 0) is 41.5 Å². The zero-order valence-corrected chi connectivity index (χ0v) is 20.8. The number of aromatic nitrogens is 2. The number of anilines is 1. The predicted molar refractivity (Wildman–Crippen MR) is 140 cm³/mol. The van der Waals surface area contributed by atoms with Gasteiger partial charge < -0.3 is 25.4 Å². The van der Waals surface area contributed by atoms with Crippen molar-refractivity contribution in [2.75, 3.05) is 38.6 Å². The van der Waals surface area contributed by atoms with Gasteiger partial charge in [0.2, 0.25) is 5.91 Å². The van der Waals surface area contributed by atoms with Crippen molar-refractivity contribution in [2.24, 2.45) is 0 Å². The maximum Gasteiger partial charge on any atom is 0.272 e. The lowest BCUT2D eigenvalue weighted by Gasteiger charge is -2.26. The molecule has 10 heteroatoms. The van der Waals surface area contributed by atoms with E-state index in [2.05, 4.69) is 15.3 Å². The second-order valence-electron chi connectivity index (χ2n) is 8.78. The quantitative estimate of drug-likeness (QED) is 0.480. The number of hydrogen-bond acceptors (Lipinski definition) is 7. The van der Waals surface area contributed by atoms with Crippen LogP contribution in [-0.4, -0.2) is 65.6 Å². The van der Waals surface area contributed by atoms with Crippen molar-refractivity contribution in [3.8, 4) is 16.9 Å². The number of nitrogens with two attached hydrogens (primary N) is 1. The highest BCUT2D eigenvalue weighted by molar-refractivity contribution is 6.32. The molecule has 0 bridgehead atoms. The standard InChI is InChI=1S/C27H26ClN5O4/c28-22-5-4-20(18-3-6-23(30-15-18)27(35)33-9-11-36-12-10-33)21-13-19(37-26(21)22)16-32-25(34)8-2-17-1-7-24(29)31-14-17/h1-8,14-15,19H,9-13,16H2,(H2,29,31)(H,32,34). The molecule has 37 heavy (non-hydrogen) atoms. The number of halogens is 1. The highest BCUT2D eigenvalue weighted by Crippen LogP contribution is 2.41. The molecule has 0 saturated carbocycles. The Morgan fingerprint density at radius 1 is 1.11 bits per heavy atom. The first-order valence-corrected chi connectivity index (χ1v) is 12.3. The number of pyridine rings is 2. The summed E-state index contributed by atoms with van der Waals surface area (Å²) in [6.45, 7) is 2.53.